The predicted molar refractivity (Wildman–Crippen MR) is 237 cm³/mol. The average Bonchev–Trinajstić information content (AvgIpc) is 3.63. The highest BCUT2D eigenvalue weighted by Crippen LogP contribution is 2.45. The first kappa shape index (κ1) is 33.2. The van der Waals surface area contributed by atoms with Crippen molar-refractivity contribution in [3.8, 4) is 55.8 Å². The number of anilines is 3. The van der Waals surface area contributed by atoms with Gasteiger partial charge in [-0.25, -0.2) is 0 Å². The largest absolute Gasteiger partial charge is 0.315 e. The summed E-state index contributed by atoms with van der Waals surface area (Å²) >= 11 is 0. The molecule has 0 saturated heterocycles. The number of hydrogen-bond acceptors (Lipinski definition) is 1. The molecule has 0 aliphatic rings. The zero-order valence-corrected chi connectivity index (χ0v) is 30.8. The minimum absolute atomic E-state index is 1.11. The zero-order chi connectivity index (χ0) is 37.3. The van der Waals surface area contributed by atoms with E-state index < -0.39 is 0 Å². The fourth-order valence-corrected chi connectivity index (χ4v) is 8.16. The van der Waals surface area contributed by atoms with Crippen LogP contribution in [0.4, 0.5) is 17.1 Å². The highest BCUT2D eigenvalue weighted by atomic mass is 15.1. The second-order valence-electron chi connectivity index (χ2n) is 14.2. The van der Waals surface area contributed by atoms with E-state index in [4.69, 9.17) is 0 Å². The van der Waals surface area contributed by atoms with Crippen LogP contribution in [0.3, 0.4) is 0 Å². The van der Waals surface area contributed by atoms with Crippen LogP contribution in [-0.4, -0.2) is 4.40 Å². The van der Waals surface area contributed by atoms with Gasteiger partial charge in [0, 0.05) is 34.1 Å². The minimum Gasteiger partial charge on any atom is -0.315 e. The van der Waals surface area contributed by atoms with Gasteiger partial charge in [0.2, 0.25) is 0 Å². The van der Waals surface area contributed by atoms with Gasteiger partial charge in [-0.05, 0) is 86.8 Å². The SMILES string of the molecule is c1ccc(-c2ccc(N(c3ccc(-c4ccc(-c5c(-c6ccccc6)c6ccccn6c5-c5ccccc5)cc4)cc3)c3cccc4ccccc34)cc2)cc1. The molecule has 0 saturated carbocycles. The zero-order valence-electron chi connectivity index (χ0n) is 30.8. The number of fused-ring (bicyclic) bond motifs is 2. The topological polar surface area (TPSA) is 7.65 Å². The third-order valence-electron chi connectivity index (χ3n) is 10.8. The van der Waals surface area contributed by atoms with Gasteiger partial charge >= 0.3 is 0 Å². The van der Waals surface area contributed by atoms with Crippen LogP contribution in [0.5, 0.6) is 0 Å². The highest BCUT2D eigenvalue weighted by molar-refractivity contribution is 6.03. The summed E-state index contributed by atoms with van der Waals surface area (Å²) in [6, 6.07) is 80.8. The Morgan fingerprint density at radius 3 is 1.38 bits per heavy atom. The quantitative estimate of drug-likeness (QED) is 0.152. The smallest absolute Gasteiger partial charge is 0.0613 e. The first-order valence-corrected chi connectivity index (χ1v) is 19.2. The van der Waals surface area contributed by atoms with E-state index in [1.54, 1.807) is 0 Å². The van der Waals surface area contributed by atoms with E-state index in [9.17, 15) is 0 Å². The van der Waals surface area contributed by atoms with Gasteiger partial charge in [0.05, 0.1) is 16.9 Å². The third-order valence-corrected chi connectivity index (χ3v) is 10.8. The molecule has 0 atom stereocenters. The molecule has 2 aromatic heterocycles. The summed E-state index contributed by atoms with van der Waals surface area (Å²) in [6.45, 7) is 0. The molecule has 10 rings (SSSR count). The molecule has 0 unspecified atom stereocenters. The van der Waals surface area contributed by atoms with E-state index in [0.29, 0.717) is 0 Å². The van der Waals surface area contributed by atoms with E-state index >= 15 is 0 Å². The number of rotatable bonds is 8. The van der Waals surface area contributed by atoms with Gasteiger partial charge in [-0.2, -0.15) is 0 Å². The van der Waals surface area contributed by atoms with Crippen molar-refractivity contribution in [2.24, 2.45) is 0 Å². The van der Waals surface area contributed by atoms with E-state index in [2.05, 4.69) is 240 Å². The van der Waals surface area contributed by atoms with Crippen molar-refractivity contribution in [1.82, 2.24) is 4.40 Å². The van der Waals surface area contributed by atoms with E-state index in [-0.39, 0.29) is 0 Å². The Balaban J connectivity index is 1.05. The standard InChI is InChI=1S/C54H38N2/c1-4-15-39(16-5-1)41-30-34-47(35-31-41)56(50-25-14-22-43-17-10-11-23-49(43)50)48-36-32-42(33-37-48)40-26-28-45(29-27-40)53-52(44-18-6-2-7-19-44)51-24-12-13-38-55(51)54(53)46-20-8-3-9-21-46/h1-38H. The maximum atomic E-state index is 2.37. The van der Waals surface area contributed by atoms with Crippen LogP contribution in [0, 0.1) is 0 Å². The first-order valence-electron chi connectivity index (χ1n) is 19.2. The van der Waals surface area contributed by atoms with Gasteiger partial charge < -0.3 is 9.30 Å². The molecule has 0 amide bonds. The van der Waals surface area contributed by atoms with Gasteiger partial charge in [-0.15, -0.1) is 0 Å². The maximum absolute atomic E-state index is 2.37. The highest BCUT2D eigenvalue weighted by Gasteiger charge is 2.22. The molecule has 0 N–H and O–H groups in total. The Morgan fingerprint density at radius 2 is 0.750 bits per heavy atom. The number of benzene rings is 8. The normalized spacial score (nSPS) is 11.2. The van der Waals surface area contributed by atoms with Crippen molar-refractivity contribution >= 4 is 33.4 Å². The average molecular weight is 715 g/mol. The number of pyridine rings is 1. The second-order valence-corrected chi connectivity index (χ2v) is 14.2. The number of hydrogen-bond donors (Lipinski definition) is 0. The van der Waals surface area contributed by atoms with Crippen LogP contribution in [0.1, 0.15) is 0 Å². The summed E-state index contributed by atoms with van der Waals surface area (Å²) in [4.78, 5) is 2.37. The van der Waals surface area contributed by atoms with Crippen LogP contribution < -0.4 is 4.90 Å². The molecule has 0 bridgehead atoms. The van der Waals surface area contributed by atoms with Gasteiger partial charge in [-0.1, -0.05) is 182 Å². The van der Waals surface area contributed by atoms with Crippen molar-refractivity contribution in [2.75, 3.05) is 4.90 Å². The molecule has 0 spiro atoms. The van der Waals surface area contributed by atoms with Crippen LogP contribution in [0.2, 0.25) is 0 Å². The maximum Gasteiger partial charge on any atom is 0.0613 e. The summed E-state index contributed by atoms with van der Waals surface area (Å²) in [5.41, 5.74) is 16.6. The summed E-state index contributed by atoms with van der Waals surface area (Å²) in [6.07, 6.45) is 2.18. The summed E-state index contributed by atoms with van der Waals surface area (Å²) < 4.78 is 2.34. The molecule has 2 heteroatoms. The number of aromatic nitrogens is 1. The lowest BCUT2D eigenvalue weighted by Crippen LogP contribution is -2.10. The molecule has 0 aliphatic carbocycles. The molecule has 10 aromatic rings. The van der Waals surface area contributed by atoms with Crippen molar-refractivity contribution in [1.29, 1.82) is 0 Å². The van der Waals surface area contributed by atoms with E-state index in [1.807, 2.05) is 0 Å². The number of nitrogens with zero attached hydrogens (tertiary/aromatic N) is 2. The van der Waals surface area contributed by atoms with Crippen molar-refractivity contribution in [3.05, 3.63) is 231 Å². The van der Waals surface area contributed by atoms with Crippen LogP contribution >= 0.6 is 0 Å². The van der Waals surface area contributed by atoms with E-state index in [1.165, 1.54) is 72.1 Å². The van der Waals surface area contributed by atoms with Gasteiger partial charge in [0.15, 0.2) is 0 Å². The molecular formula is C54H38N2. The van der Waals surface area contributed by atoms with Crippen molar-refractivity contribution < 1.29 is 0 Å². The lowest BCUT2D eigenvalue weighted by atomic mass is 9.92. The molecule has 0 aliphatic heterocycles. The molecule has 0 radical (unpaired) electrons. The van der Waals surface area contributed by atoms with Crippen LogP contribution in [-0.2, 0) is 0 Å². The molecular weight excluding hydrogens is 677 g/mol. The Hall–Kier alpha value is -7.42. The third kappa shape index (κ3) is 6.04. The van der Waals surface area contributed by atoms with Crippen molar-refractivity contribution in [3.63, 3.8) is 0 Å². The van der Waals surface area contributed by atoms with Crippen LogP contribution in [0.15, 0.2) is 231 Å². The molecule has 264 valence electrons. The Labute approximate surface area is 327 Å². The molecule has 56 heavy (non-hydrogen) atoms. The molecule has 2 nitrogen and oxygen atoms in total. The van der Waals surface area contributed by atoms with Gasteiger partial charge in [0.25, 0.3) is 0 Å². The lowest BCUT2D eigenvalue weighted by Gasteiger charge is -2.27. The van der Waals surface area contributed by atoms with E-state index in [0.717, 1.165) is 17.1 Å². The fourth-order valence-electron chi connectivity index (χ4n) is 8.16. The van der Waals surface area contributed by atoms with Crippen LogP contribution in [0.25, 0.3) is 72.1 Å². The Morgan fingerprint density at radius 1 is 0.304 bits per heavy atom. The summed E-state index contributed by atoms with van der Waals surface area (Å²) in [5, 5.41) is 2.43. The summed E-state index contributed by atoms with van der Waals surface area (Å²) in [5.74, 6) is 0. The Kier molecular flexibility index (Phi) is 8.55. The molecule has 8 aromatic carbocycles. The fraction of sp³-hybridized carbons (Fsp3) is 0. The monoisotopic (exact) mass is 714 g/mol. The first-order chi connectivity index (χ1) is 27.8. The molecule has 2 heterocycles. The summed E-state index contributed by atoms with van der Waals surface area (Å²) in [7, 11) is 0. The molecule has 0 fully saturated rings. The lowest BCUT2D eigenvalue weighted by molar-refractivity contribution is 1.20. The van der Waals surface area contributed by atoms with Gasteiger partial charge in [0.1, 0.15) is 0 Å². The van der Waals surface area contributed by atoms with Crippen molar-refractivity contribution in [2.45, 2.75) is 0 Å². The Bertz CT molecular complexity index is 2830. The second kappa shape index (κ2) is 14.4. The predicted octanol–water partition coefficient (Wildman–Crippen LogP) is 14.9. The van der Waals surface area contributed by atoms with Gasteiger partial charge in [-0.3, -0.25) is 0 Å². The minimum atomic E-state index is 1.11.